The van der Waals surface area contributed by atoms with E-state index in [1.807, 2.05) is 6.07 Å². The number of amides is 2. The predicted octanol–water partition coefficient (Wildman–Crippen LogP) is 3.15. The van der Waals surface area contributed by atoms with Crippen molar-refractivity contribution in [3.8, 4) is 0 Å². The number of fused-ring (bicyclic) bond motifs is 1. The Balaban J connectivity index is 1.55. The summed E-state index contributed by atoms with van der Waals surface area (Å²) in [6.07, 6.45) is 2.36. The van der Waals surface area contributed by atoms with Crippen molar-refractivity contribution in [1.82, 2.24) is 10.2 Å². The molecule has 1 unspecified atom stereocenters. The van der Waals surface area contributed by atoms with Crippen LogP contribution in [0.1, 0.15) is 33.6 Å². The van der Waals surface area contributed by atoms with E-state index in [0.717, 1.165) is 31.6 Å². The molecule has 1 aromatic carbocycles. The monoisotopic (exact) mass is 489 g/mol. The third kappa shape index (κ3) is 5.39. The molecule has 2 aliphatic heterocycles. The second kappa shape index (κ2) is 10.2. The van der Waals surface area contributed by atoms with E-state index in [9.17, 15) is 14.4 Å². The lowest BCUT2D eigenvalue weighted by molar-refractivity contribution is -0.141. The number of esters is 1. The van der Waals surface area contributed by atoms with E-state index in [1.165, 1.54) is 29.6 Å². The van der Waals surface area contributed by atoms with Crippen LogP contribution in [0.25, 0.3) is 0 Å². The zero-order valence-corrected chi connectivity index (χ0v) is 20.4. The molecule has 1 saturated heterocycles. The van der Waals surface area contributed by atoms with E-state index in [1.54, 1.807) is 17.0 Å². The SMILES string of the molecule is COC(=O)CC[C@H]1C(=O)N(c2ccc3c(c2)CCN(C)CC3)CC1NC(=O)c1ccc(Cl)s1. The van der Waals surface area contributed by atoms with Crippen LogP contribution in [0.2, 0.25) is 4.34 Å². The molecule has 0 saturated carbocycles. The van der Waals surface area contributed by atoms with Crippen molar-refractivity contribution in [2.75, 3.05) is 38.7 Å². The van der Waals surface area contributed by atoms with E-state index in [2.05, 4.69) is 29.4 Å². The van der Waals surface area contributed by atoms with Gasteiger partial charge < -0.3 is 19.9 Å². The molecule has 4 rings (SSSR count). The van der Waals surface area contributed by atoms with Gasteiger partial charge in [-0.3, -0.25) is 14.4 Å². The molecule has 9 heteroatoms. The number of thiophene rings is 1. The quantitative estimate of drug-likeness (QED) is 0.631. The Morgan fingerprint density at radius 3 is 2.64 bits per heavy atom. The summed E-state index contributed by atoms with van der Waals surface area (Å²) < 4.78 is 5.29. The van der Waals surface area contributed by atoms with Crippen molar-refractivity contribution in [2.24, 2.45) is 5.92 Å². The van der Waals surface area contributed by atoms with E-state index in [0.29, 0.717) is 22.2 Å². The van der Waals surface area contributed by atoms with Crippen molar-refractivity contribution < 1.29 is 19.1 Å². The molecule has 33 heavy (non-hydrogen) atoms. The number of methoxy groups -OCH3 is 1. The van der Waals surface area contributed by atoms with Gasteiger partial charge in [0.25, 0.3) is 5.91 Å². The number of likely N-dealkylation sites (N-methyl/N-ethyl adjacent to an activating group) is 1. The minimum Gasteiger partial charge on any atom is -0.469 e. The molecule has 176 valence electrons. The average Bonchev–Trinajstić information content (AvgIpc) is 3.31. The Morgan fingerprint density at radius 1 is 1.18 bits per heavy atom. The first-order valence-electron chi connectivity index (χ1n) is 11.1. The third-order valence-electron chi connectivity index (χ3n) is 6.48. The summed E-state index contributed by atoms with van der Waals surface area (Å²) in [5.41, 5.74) is 3.41. The lowest BCUT2D eigenvalue weighted by Gasteiger charge is -2.19. The second-order valence-electron chi connectivity index (χ2n) is 8.61. The van der Waals surface area contributed by atoms with Crippen molar-refractivity contribution in [2.45, 2.75) is 31.7 Å². The minimum atomic E-state index is -0.506. The van der Waals surface area contributed by atoms with Crippen LogP contribution in [-0.4, -0.2) is 62.5 Å². The Labute approximate surface area is 202 Å². The Kier molecular flexibility index (Phi) is 7.36. The molecular formula is C24H28ClN3O4S. The fourth-order valence-corrected chi connectivity index (χ4v) is 5.48. The van der Waals surface area contributed by atoms with Gasteiger partial charge in [0.15, 0.2) is 0 Å². The molecule has 7 nitrogen and oxygen atoms in total. The fourth-order valence-electron chi connectivity index (χ4n) is 4.53. The molecule has 1 fully saturated rings. The molecule has 2 amide bonds. The first-order valence-corrected chi connectivity index (χ1v) is 12.3. The first kappa shape index (κ1) is 23.7. The predicted molar refractivity (Wildman–Crippen MR) is 129 cm³/mol. The van der Waals surface area contributed by atoms with Crippen LogP contribution in [0, 0.1) is 5.92 Å². The van der Waals surface area contributed by atoms with Crippen LogP contribution in [0.4, 0.5) is 5.69 Å². The van der Waals surface area contributed by atoms with Gasteiger partial charge in [0.1, 0.15) is 0 Å². The van der Waals surface area contributed by atoms with E-state index in [-0.39, 0.29) is 24.2 Å². The molecule has 0 bridgehead atoms. The maximum Gasteiger partial charge on any atom is 0.305 e. The Hall–Kier alpha value is -2.42. The smallest absolute Gasteiger partial charge is 0.305 e. The minimum absolute atomic E-state index is 0.0842. The molecule has 0 spiro atoms. The third-order valence-corrected chi connectivity index (χ3v) is 7.71. The van der Waals surface area contributed by atoms with Crippen LogP contribution >= 0.6 is 22.9 Å². The molecule has 3 heterocycles. The van der Waals surface area contributed by atoms with E-state index < -0.39 is 12.0 Å². The Bertz CT molecular complexity index is 1060. The van der Waals surface area contributed by atoms with E-state index in [4.69, 9.17) is 16.3 Å². The number of hydrogen-bond acceptors (Lipinski definition) is 6. The van der Waals surface area contributed by atoms with Crippen LogP contribution in [0.3, 0.4) is 0 Å². The number of carbonyl (C=O) groups is 3. The molecule has 0 aliphatic carbocycles. The number of ether oxygens (including phenoxy) is 1. The maximum absolute atomic E-state index is 13.4. The summed E-state index contributed by atoms with van der Waals surface area (Å²) >= 11 is 7.17. The molecule has 1 N–H and O–H groups in total. The number of halogens is 1. The van der Waals surface area contributed by atoms with Crippen molar-refractivity contribution >= 4 is 46.4 Å². The number of nitrogens with one attached hydrogen (secondary N) is 1. The van der Waals surface area contributed by atoms with Gasteiger partial charge in [0.05, 0.1) is 28.3 Å². The van der Waals surface area contributed by atoms with Crippen LogP contribution in [-0.2, 0) is 27.2 Å². The molecular weight excluding hydrogens is 462 g/mol. The summed E-state index contributed by atoms with van der Waals surface area (Å²) in [5, 5.41) is 3.00. The summed E-state index contributed by atoms with van der Waals surface area (Å²) in [4.78, 5) is 42.5. The number of hydrogen-bond donors (Lipinski definition) is 1. The highest BCUT2D eigenvalue weighted by atomic mass is 35.5. The van der Waals surface area contributed by atoms with Crippen LogP contribution in [0.5, 0.6) is 0 Å². The summed E-state index contributed by atoms with van der Waals surface area (Å²) in [7, 11) is 3.45. The van der Waals surface area contributed by atoms with Gasteiger partial charge in [-0.1, -0.05) is 17.7 Å². The molecule has 2 aliphatic rings. The van der Waals surface area contributed by atoms with Gasteiger partial charge in [-0.15, -0.1) is 11.3 Å². The lowest BCUT2D eigenvalue weighted by Crippen LogP contribution is -2.40. The second-order valence-corrected chi connectivity index (χ2v) is 10.3. The maximum atomic E-state index is 13.4. The zero-order chi connectivity index (χ0) is 23.5. The molecule has 2 atom stereocenters. The number of anilines is 1. The van der Waals surface area contributed by atoms with Gasteiger partial charge >= 0.3 is 5.97 Å². The van der Waals surface area contributed by atoms with Crippen molar-refractivity contribution in [3.63, 3.8) is 0 Å². The van der Waals surface area contributed by atoms with Gasteiger partial charge in [-0.25, -0.2) is 0 Å². The molecule has 1 aromatic heterocycles. The zero-order valence-electron chi connectivity index (χ0n) is 18.8. The number of benzene rings is 1. The average molecular weight is 490 g/mol. The Morgan fingerprint density at radius 2 is 1.94 bits per heavy atom. The highest BCUT2D eigenvalue weighted by Gasteiger charge is 2.42. The number of rotatable bonds is 6. The number of carbonyl (C=O) groups excluding carboxylic acids is 3. The van der Waals surface area contributed by atoms with Crippen LogP contribution in [0.15, 0.2) is 30.3 Å². The van der Waals surface area contributed by atoms with Crippen LogP contribution < -0.4 is 10.2 Å². The van der Waals surface area contributed by atoms with Crippen molar-refractivity contribution in [3.05, 3.63) is 50.7 Å². The largest absolute Gasteiger partial charge is 0.469 e. The first-order chi connectivity index (χ1) is 15.9. The van der Waals surface area contributed by atoms with Gasteiger partial charge in [-0.2, -0.15) is 0 Å². The normalized spacial score (nSPS) is 20.9. The topological polar surface area (TPSA) is 79.0 Å². The molecule has 2 aromatic rings. The van der Waals surface area contributed by atoms with Gasteiger partial charge in [0, 0.05) is 31.7 Å². The highest BCUT2D eigenvalue weighted by molar-refractivity contribution is 7.18. The van der Waals surface area contributed by atoms with E-state index >= 15 is 0 Å². The van der Waals surface area contributed by atoms with Gasteiger partial charge in [-0.05, 0) is 61.7 Å². The summed E-state index contributed by atoms with van der Waals surface area (Å²) in [6.45, 7) is 2.36. The standard InChI is InChI=1S/C24H28ClN3O4S/c1-27-11-9-15-3-4-17(13-16(15)10-12-27)28-14-19(18(24(28)31)5-8-22(29)32-2)26-23(30)20-6-7-21(25)33-20/h3-4,6-7,13,18-19H,5,8-12,14H2,1-2H3,(H,26,30)/t18-,19?/m1/s1. The van der Waals surface area contributed by atoms with Gasteiger partial charge in [0.2, 0.25) is 5.91 Å². The summed E-state index contributed by atoms with van der Waals surface area (Å²) in [5.74, 6) is -1.22. The van der Waals surface area contributed by atoms with Crippen molar-refractivity contribution in [1.29, 1.82) is 0 Å². The fraction of sp³-hybridized carbons (Fsp3) is 0.458. The summed E-state index contributed by atoms with van der Waals surface area (Å²) in [6, 6.07) is 9.13. The lowest BCUT2D eigenvalue weighted by atomic mass is 9.97. The molecule has 0 radical (unpaired) electrons. The number of nitrogens with zero attached hydrogens (tertiary/aromatic N) is 2. The highest BCUT2D eigenvalue weighted by Crippen LogP contribution is 2.31.